The number of rotatable bonds is 3. The van der Waals surface area contributed by atoms with Crippen molar-refractivity contribution in [1.29, 1.82) is 0 Å². The van der Waals surface area contributed by atoms with E-state index in [1.54, 1.807) is 6.20 Å². The molecule has 1 rings (SSSR count). The Bertz CT molecular complexity index is 150. The van der Waals surface area contributed by atoms with Crippen LogP contribution < -0.4 is 4.74 Å². The van der Waals surface area contributed by atoms with Crippen molar-refractivity contribution in [3.05, 3.63) is 12.3 Å². The van der Waals surface area contributed by atoms with Gasteiger partial charge in [0.1, 0.15) is 0 Å². The molecule has 9 heavy (non-hydrogen) atoms. The molecule has 0 aliphatic heterocycles. The van der Waals surface area contributed by atoms with Gasteiger partial charge in [0.25, 0.3) is 0 Å². The molecule has 0 spiro atoms. The summed E-state index contributed by atoms with van der Waals surface area (Å²) in [5, 5.41) is 0.914. The summed E-state index contributed by atoms with van der Waals surface area (Å²) in [5.74, 6) is 0. The van der Waals surface area contributed by atoms with Crippen LogP contribution in [0.15, 0.2) is 12.3 Å². The van der Waals surface area contributed by atoms with Gasteiger partial charge in [-0.05, 0) is 6.42 Å². The molecule has 0 unspecified atom stereocenters. The van der Waals surface area contributed by atoms with Gasteiger partial charge in [0, 0.05) is 23.8 Å². The Morgan fingerprint density at radius 2 is 2.67 bits per heavy atom. The SMILES string of the molecule is CCCOc1ccns1. The van der Waals surface area contributed by atoms with Crippen LogP contribution in [0.4, 0.5) is 0 Å². The molecule has 0 aromatic carbocycles. The molecule has 0 aliphatic rings. The van der Waals surface area contributed by atoms with Crippen LogP contribution in [0.5, 0.6) is 5.06 Å². The predicted octanol–water partition coefficient (Wildman–Crippen LogP) is 1.93. The van der Waals surface area contributed by atoms with Gasteiger partial charge in [-0.25, -0.2) is 0 Å². The van der Waals surface area contributed by atoms with Crippen LogP contribution in [0.1, 0.15) is 13.3 Å². The monoisotopic (exact) mass is 143 g/mol. The fourth-order valence-electron chi connectivity index (χ4n) is 0.481. The second kappa shape index (κ2) is 3.45. The average molecular weight is 143 g/mol. The topological polar surface area (TPSA) is 22.1 Å². The molecule has 50 valence electrons. The third-order valence-electron chi connectivity index (χ3n) is 0.863. The van der Waals surface area contributed by atoms with E-state index < -0.39 is 0 Å². The summed E-state index contributed by atoms with van der Waals surface area (Å²) >= 11 is 1.39. The highest BCUT2D eigenvalue weighted by Crippen LogP contribution is 2.14. The van der Waals surface area contributed by atoms with Crippen molar-refractivity contribution in [2.45, 2.75) is 13.3 Å². The lowest BCUT2D eigenvalue weighted by molar-refractivity contribution is 0.326. The molecule has 0 radical (unpaired) electrons. The second-order valence-corrected chi connectivity index (χ2v) is 2.48. The van der Waals surface area contributed by atoms with E-state index in [0.717, 1.165) is 18.1 Å². The minimum absolute atomic E-state index is 0.794. The van der Waals surface area contributed by atoms with Crippen LogP contribution in [0, 0.1) is 0 Å². The van der Waals surface area contributed by atoms with Crippen LogP contribution in [-0.2, 0) is 0 Å². The quantitative estimate of drug-likeness (QED) is 0.645. The highest BCUT2D eigenvalue weighted by molar-refractivity contribution is 7.07. The minimum atomic E-state index is 0.794. The lowest BCUT2D eigenvalue weighted by Gasteiger charge is -1.96. The van der Waals surface area contributed by atoms with Crippen molar-refractivity contribution in [3.8, 4) is 5.06 Å². The Hall–Kier alpha value is -0.570. The molecule has 0 aliphatic carbocycles. The van der Waals surface area contributed by atoms with E-state index in [0.29, 0.717) is 0 Å². The number of nitrogens with zero attached hydrogens (tertiary/aromatic N) is 1. The Labute approximate surface area is 58.6 Å². The molecular weight excluding hydrogens is 134 g/mol. The van der Waals surface area contributed by atoms with Crippen LogP contribution >= 0.6 is 11.5 Å². The molecule has 1 aromatic rings. The van der Waals surface area contributed by atoms with Crippen molar-refractivity contribution in [1.82, 2.24) is 4.37 Å². The molecule has 3 heteroatoms. The zero-order valence-electron chi connectivity index (χ0n) is 5.33. The number of hydrogen-bond acceptors (Lipinski definition) is 3. The summed E-state index contributed by atoms with van der Waals surface area (Å²) in [6, 6.07) is 1.88. The summed E-state index contributed by atoms with van der Waals surface area (Å²) in [4.78, 5) is 0. The fourth-order valence-corrected chi connectivity index (χ4v) is 0.965. The lowest BCUT2D eigenvalue weighted by atomic mass is 10.5. The summed E-state index contributed by atoms with van der Waals surface area (Å²) in [6.45, 7) is 2.88. The van der Waals surface area contributed by atoms with E-state index in [2.05, 4.69) is 11.3 Å². The summed E-state index contributed by atoms with van der Waals surface area (Å²) in [7, 11) is 0. The molecule has 0 saturated carbocycles. The molecule has 0 bridgehead atoms. The van der Waals surface area contributed by atoms with Gasteiger partial charge in [-0.1, -0.05) is 6.92 Å². The van der Waals surface area contributed by atoms with Gasteiger partial charge < -0.3 is 4.74 Å². The normalized spacial score (nSPS) is 9.44. The molecule has 2 nitrogen and oxygen atoms in total. The fraction of sp³-hybridized carbons (Fsp3) is 0.500. The van der Waals surface area contributed by atoms with E-state index in [1.165, 1.54) is 11.5 Å². The van der Waals surface area contributed by atoms with Crippen molar-refractivity contribution in [3.63, 3.8) is 0 Å². The Morgan fingerprint density at radius 3 is 3.22 bits per heavy atom. The molecule has 0 atom stereocenters. The smallest absolute Gasteiger partial charge is 0.193 e. The second-order valence-electron chi connectivity index (χ2n) is 1.68. The predicted molar refractivity (Wildman–Crippen MR) is 37.9 cm³/mol. The largest absolute Gasteiger partial charge is 0.483 e. The highest BCUT2D eigenvalue weighted by Gasteiger charge is 1.90. The van der Waals surface area contributed by atoms with E-state index in [-0.39, 0.29) is 0 Å². The number of ether oxygens (including phenoxy) is 1. The molecule has 1 heterocycles. The standard InChI is InChI=1S/C6H9NOS/c1-2-5-8-6-3-4-7-9-6/h3-4H,2,5H2,1H3. The molecular formula is C6H9NOS. The number of aromatic nitrogens is 1. The van der Waals surface area contributed by atoms with Gasteiger partial charge >= 0.3 is 0 Å². The van der Waals surface area contributed by atoms with Gasteiger partial charge in [-0.2, -0.15) is 4.37 Å². The lowest BCUT2D eigenvalue weighted by Crippen LogP contribution is -1.91. The zero-order valence-corrected chi connectivity index (χ0v) is 6.15. The van der Waals surface area contributed by atoms with Crippen LogP contribution in [0.2, 0.25) is 0 Å². The first-order chi connectivity index (χ1) is 4.43. The molecule has 0 N–H and O–H groups in total. The first kappa shape index (κ1) is 6.55. The van der Waals surface area contributed by atoms with E-state index in [1.807, 2.05) is 6.07 Å². The van der Waals surface area contributed by atoms with Crippen LogP contribution in [0.3, 0.4) is 0 Å². The summed E-state index contributed by atoms with van der Waals surface area (Å²) in [6.07, 6.45) is 2.80. The summed E-state index contributed by atoms with van der Waals surface area (Å²) in [5.41, 5.74) is 0. The van der Waals surface area contributed by atoms with E-state index in [9.17, 15) is 0 Å². The molecule has 0 fully saturated rings. The van der Waals surface area contributed by atoms with Crippen LogP contribution in [0.25, 0.3) is 0 Å². The van der Waals surface area contributed by atoms with E-state index in [4.69, 9.17) is 4.74 Å². The molecule has 0 amide bonds. The van der Waals surface area contributed by atoms with Crippen molar-refractivity contribution >= 4 is 11.5 Å². The van der Waals surface area contributed by atoms with Crippen molar-refractivity contribution in [2.24, 2.45) is 0 Å². The van der Waals surface area contributed by atoms with Gasteiger partial charge in [0.15, 0.2) is 5.06 Å². The zero-order chi connectivity index (χ0) is 6.53. The Morgan fingerprint density at radius 1 is 1.78 bits per heavy atom. The molecule has 1 aromatic heterocycles. The first-order valence-corrected chi connectivity index (χ1v) is 3.74. The van der Waals surface area contributed by atoms with E-state index >= 15 is 0 Å². The van der Waals surface area contributed by atoms with Crippen molar-refractivity contribution < 1.29 is 4.74 Å². The van der Waals surface area contributed by atoms with Crippen molar-refractivity contribution in [2.75, 3.05) is 6.61 Å². The first-order valence-electron chi connectivity index (χ1n) is 2.97. The van der Waals surface area contributed by atoms with Gasteiger partial charge in [-0.15, -0.1) is 0 Å². The maximum absolute atomic E-state index is 5.25. The Balaban J connectivity index is 2.30. The maximum atomic E-state index is 5.25. The van der Waals surface area contributed by atoms with Gasteiger partial charge in [0.05, 0.1) is 6.61 Å². The van der Waals surface area contributed by atoms with Gasteiger partial charge in [-0.3, -0.25) is 0 Å². The Kier molecular flexibility index (Phi) is 2.51. The molecule has 0 saturated heterocycles. The summed E-state index contributed by atoms with van der Waals surface area (Å²) < 4.78 is 9.14. The highest BCUT2D eigenvalue weighted by atomic mass is 32.1. The van der Waals surface area contributed by atoms with Crippen LogP contribution in [-0.4, -0.2) is 11.0 Å². The average Bonchev–Trinajstić information content (AvgIpc) is 2.34. The minimum Gasteiger partial charge on any atom is -0.483 e. The van der Waals surface area contributed by atoms with Gasteiger partial charge in [0.2, 0.25) is 0 Å². The maximum Gasteiger partial charge on any atom is 0.193 e. The number of hydrogen-bond donors (Lipinski definition) is 0. The third-order valence-corrected chi connectivity index (χ3v) is 1.52. The third kappa shape index (κ3) is 2.01.